The van der Waals surface area contributed by atoms with E-state index in [-0.39, 0.29) is 8.61 Å². The fraction of sp³-hybridized carbons (Fsp3) is 0.400. The molecule has 1 atom stereocenters. The standard InChI is InChI=1S/C5H7N4O3P/c1-3(5(10)11)7-4-2-6-8-9(4)13-12/h2-3,7H,1H3,(H,10,11). The Morgan fingerprint density at radius 1 is 1.85 bits per heavy atom. The molecule has 0 aliphatic rings. The van der Waals surface area contributed by atoms with Crippen LogP contribution in [0.4, 0.5) is 5.82 Å². The average molecular weight is 202 g/mol. The number of carboxylic acid groups (broad SMARTS) is 1. The minimum atomic E-state index is -1.00. The van der Waals surface area contributed by atoms with Crippen molar-refractivity contribution in [3.63, 3.8) is 0 Å². The molecular formula is C5H7N4O3P. The van der Waals surface area contributed by atoms with Crippen molar-refractivity contribution in [1.29, 1.82) is 0 Å². The van der Waals surface area contributed by atoms with Crippen LogP contribution in [0.25, 0.3) is 0 Å². The number of aliphatic carboxylic acids is 1. The molecule has 0 amide bonds. The maximum atomic E-state index is 10.4. The zero-order valence-electron chi connectivity index (χ0n) is 6.71. The lowest BCUT2D eigenvalue weighted by molar-refractivity contribution is -0.137. The van der Waals surface area contributed by atoms with Crippen LogP contribution in [0.5, 0.6) is 0 Å². The molecule has 1 aromatic heterocycles. The Balaban J connectivity index is 2.73. The summed E-state index contributed by atoms with van der Waals surface area (Å²) < 4.78 is 11.4. The van der Waals surface area contributed by atoms with Gasteiger partial charge in [-0.1, -0.05) is 5.21 Å². The zero-order valence-corrected chi connectivity index (χ0v) is 7.60. The van der Waals surface area contributed by atoms with Gasteiger partial charge < -0.3 is 10.4 Å². The normalized spacial score (nSPS) is 12.7. The van der Waals surface area contributed by atoms with E-state index in [1.807, 2.05) is 0 Å². The van der Waals surface area contributed by atoms with Crippen LogP contribution in [0, 0.1) is 0 Å². The Morgan fingerprint density at radius 2 is 2.54 bits per heavy atom. The highest BCUT2D eigenvalue weighted by molar-refractivity contribution is 7.21. The first-order chi connectivity index (χ1) is 6.15. The number of carbonyl (C=O) groups is 1. The smallest absolute Gasteiger partial charge is 0.325 e. The molecule has 0 saturated heterocycles. The minimum absolute atomic E-state index is 0.298. The Morgan fingerprint density at radius 3 is 3.08 bits per heavy atom. The molecule has 1 unspecified atom stereocenters. The molecule has 0 radical (unpaired) electrons. The van der Waals surface area contributed by atoms with Gasteiger partial charge in [0.15, 0.2) is 5.82 Å². The van der Waals surface area contributed by atoms with Crippen LogP contribution in [0.2, 0.25) is 0 Å². The molecule has 1 heterocycles. The first-order valence-electron chi connectivity index (χ1n) is 3.39. The summed E-state index contributed by atoms with van der Waals surface area (Å²) in [7, 11) is -0.361. The summed E-state index contributed by atoms with van der Waals surface area (Å²) in [6, 6.07) is -0.779. The third-order valence-electron chi connectivity index (χ3n) is 1.34. The largest absolute Gasteiger partial charge is 0.480 e. The number of aromatic nitrogens is 3. The molecule has 0 saturated carbocycles. The number of carboxylic acids is 1. The van der Waals surface area contributed by atoms with Crippen molar-refractivity contribution < 1.29 is 14.5 Å². The van der Waals surface area contributed by atoms with Crippen LogP contribution < -0.4 is 5.32 Å². The SMILES string of the molecule is CC(Nc1cnnn1P=O)C(=O)O. The molecule has 0 aromatic carbocycles. The fourth-order valence-electron chi connectivity index (χ4n) is 0.668. The summed E-state index contributed by atoms with van der Waals surface area (Å²) in [5.74, 6) is -0.707. The second kappa shape index (κ2) is 3.95. The van der Waals surface area contributed by atoms with Gasteiger partial charge in [0.05, 0.1) is 6.20 Å². The topological polar surface area (TPSA) is 97.1 Å². The number of hydrogen-bond acceptors (Lipinski definition) is 5. The minimum Gasteiger partial charge on any atom is -0.480 e. The first-order valence-corrected chi connectivity index (χ1v) is 4.15. The van der Waals surface area contributed by atoms with Gasteiger partial charge in [0.1, 0.15) is 6.04 Å². The van der Waals surface area contributed by atoms with E-state index in [2.05, 4.69) is 15.6 Å². The molecule has 70 valence electrons. The molecule has 13 heavy (non-hydrogen) atoms. The highest BCUT2D eigenvalue weighted by Gasteiger charge is 2.13. The van der Waals surface area contributed by atoms with Gasteiger partial charge in [0, 0.05) is 0 Å². The molecule has 8 heteroatoms. The third kappa shape index (κ3) is 2.22. The van der Waals surface area contributed by atoms with Crippen molar-refractivity contribution >= 4 is 20.4 Å². The number of nitrogens with zero attached hydrogens (tertiary/aromatic N) is 3. The molecular weight excluding hydrogens is 195 g/mol. The van der Waals surface area contributed by atoms with Crippen molar-refractivity contribution in [1.82, 2.24) is 14.8 Å². The van der Waals surface area contributed by atoms with Crippen LogP contribution >= 0.6 is 8.61 Å². The summed E-state index contributed by atoms with van der Waals surface area (Å²) in [4.78, 5) is 10.4. The van der Waals surface area contributed by atoms with Gasteiger partial charge in [-0.05, 0) is 6.92 Å². The van der Waals surface area contributed by atoms with Gasteiger partial charge in [-0.15, -0.1) is 9.55 Å². The Kier molecular flexibility index (Phi) is 2.92. The van der Waals surface area contributed by atoms with Gasteiger partial charge in [-0.3, -0.25) is 4.79 Å². The van der Waals surface area contributed by atoms with Crippen molar-refractivity contribution in [2.75, 3.05) is 5.32 Å². The molecule has 0 spiro atoms. The predicted molar refractivity (Wildman–Crippen MR) is 43.7 cm³/mol. The summed E-state index contributed by atoms with van der Waals surface area (Å²) in [6.07, 6.45) is 1.30. The Labute approximate surface area is 75.0 Å². The average Bonchev–Trinajstić information content (AvgIpc) is 2.51. The summed E-state index contributed by atoms with van der Waals surface area (Å²) >= 11 is 0. The van der Waals surface area contributed by atoms with E-state index in [0.717, 1.165) is 4.45 Å². The van der Waals surface area contributed by atoms with Crippen LogP contribution in [0.1, 0.15) is 6.92 Å². The van der Waals surface area contributed by atoms with E-state index in [1.54, 1.807) is 0 Å². The second-order valence-electron chi connectivity index (χ2n) is 2.29. The third-order valence-corrected chi connectivity index (χ3v) is 1.79. The molecule has 0 fully saturated rings. The quantitative estimate of drug-likeness (QED) is 0.677. The molecule has 1 rings (SSSR count). The molecule has 7 nitrogen and oxygen atoms in total. The van der Waals surface area contributed by atoms with Crippen molar-refractivity contribution in [3.05, 3.63) is 6.20 Å². The van der Waals surface area contributed by atoms with Gasteiger partial charge in [-0.2, -0.15) is 0 Å². The van der Waals surface area contributed by atoms with E-state index in [4.69, 9.17) is 5.11 Å². The number of hydrogen-bond donors (Lipinski definition) is 2. The molecule has 0 bridgehead atoms. The van der Waals surface area contributed by atoms with Gasteiger partial charge >= 0.3 is 14.6 Å². The van der Waals surface area contributed by atoms with Crippen LogP contribution in [-0.2, 0) is 9.36 Å². The lowest BCUT2D eigenvalue weighted by Crippen LogP contribution is -2.26. The van der Waals surface area contributed by atoms with Crippen molar-refractivity contribution in [3.8, 4) is 0 Å². The second-order valence-corrected chi connectivity index (χ2v) is 2.84. The van der Waals surface area contributed by atoms with Gasteiger partial charge in [0.25, 0.3) is 0 Å². The van der Waals surface area contributed by atoms with Gasteiger partial charge in [-0.25, -0.2) is 4.57 Å². The van der Waals surface area contributed by atoms with E-state index >= 15 is 0 Å². The van der Waals surface area contributed by atoms with E-state index in [1.165, 1.54) is 13.1 Å². The van der Waals surface area contributed by atoms with E-state index in [0.29, 0.717) is 5.82 Å². The van der Waals surface area contributed by atoms with Crippen LogP contribution in [0.3, 0.4) is 0 Å². The lowest BCUT2D eigenvalue weighted by atomic mass is 10.3. The van der Waals surface area contributed by atoms with Crippen molar-refractivity contribution in [2.45, 2.75) is 13.0 Å². The monoisotopic (exact) mass is 202 g/mol. The van der Waals surface area contributed by atoms with Crippen LogP contribution in [0.15, 0.2) is 6.20 Å². The molecule has 1 aromatic rings. The summed E-state index contributed by atoms with van der Waals surface area (Å²) in [5, 5.41) is 18.0. The first kappa shape index (κ1) is 9.60. The maximum absolute atomic E-state index is 10.4. The number of nitrogens with one attached hydrogen (secondary N) is 1. The highest BCUT2D eigenvalue weighted by Crippen LogP contribution is 2.11. The van der Waals surface area contributed by atoms with Crippen molar-refractivity contribution in [2.24, 2.45) is 0 Å². The summed E-state index contributed by atoms with van der Waals surface area (Å²) in [5.41, 5.74) is 0. The van der Waals surface area contributed by atoms with E-state index < -0.39 is 12.0 Å². The van der Waals surface area contributed by atoms with E-state index in [9.17, 15) is 9.36 Å². The lowest BCUT2D eigenvalue weighted by Gasteiger charge is -2.07. The highest BCUT2D eigenvalue weighted by atomic mass is 31.1. The number of rotatable bonds is 4. The van der Waals surface area contributed by atoms with Crippen LogP contribution in [-0.4, -0.2) is 31.9 Å². The summed E-state index contributed by atoms with van der Waals surface area (Å²) in [6.45, 7) is 1.46. The zero-order chi connectivity index (χ0) is 9.84. The number of anilines is 1. The fourth-order valence-corrected chi connectivity index (χ4v) is 0.944. The molecule has 0 aliphatic carbocycles. The van der Waals surface area contributed by atoms with Gasteiger partial charge in [0.2, 0.25) is 0 Å². The predicted octanol–water partition coefficient (Wildman–Crippen LogP) is 0.218. The Bertz CT molecular complexity index is 325. The maximum Gasteiger partial charge on any atom is 0.325 e. The molecule has 0 aliphatic heterocycles. The Hall–Kier alpha value is -1.49. The molecule has 2 N–H and O–H groups in total.